The number of ether oxygens (including phenoxy) is 1. The summed E-state index contributed by atoms with van der Waals surface area (Å²) in [6, 6.07) is 10.7. The number of benzene rings is 1. The molecule has 0 amide bonds. The van der Waals surface area contributed by atoms with E-state index in [9.17, 15) is 5.11 Å². The molecular weight excluding hydrogens is 531 g/mol. The van der Waals surface area contributed by atoms with Crippen molar-refractivity contribution in [3.8, 4) is 0 Å². The quantitative estimate of drug-likeness (QED) is 0.169. The Morgan fingerprint density at radius 2 is 1.73 bits per heavy atom. The molecule has 8 nitrogen and oxygen atoms in total. The molecule has 2 aliphatic heterocycles. The molecule has 2 aliphatic rings. The minimum Gasteiger partial charge on any atom is -0.387 e. The van der Waals surface area contributed by atoms with Crippen LogP contribution in [0.5, 0.6) is 0 Å². The number of halogens is 1. The van der Waals surface area contributed by atoms with Crippen LogP contribution in [0.1, 0.15) is 20.3 Å². The summed E-state index contributed by atoms with van der Waals surface area (Å²) >= 11 is 0. The van der Waals surface area contributed by atoms with Crippen molar-refractivity contribution in [3.05, 3.63) is 30.3 Å². The molecule has 188 valence electrons. The average molecular weight is 575 g/mol. The van der Waals surface area contributed by atoms with Gasteiger partial charge in [-0.25, -0.2) is 0 Å². The molecule has 1 aromatic rings. The lowest BCUT2D eigenvalue weighted by Gasteiger charge is -2.36. The fourth-order valence-electron chi connectivity index (χ4n) is 4.26. The number of nitrogens with zero attached hydrogens (tertiary/aromatic N) is 4. The van der Waals surface area contributed by atoms with Gasteiger partial charge in [0.2, 0.25) is 0 Å². The third-order valence-corrected chi connectivity index (χ3v) is 6.03. The van der Waals surface area contributed by atoms with Crippen molar-refractivity contribution < 1.29 is 9.84 Å². The fourth-order valence-corrected chi connectivity index (χ4v) is 4.26. The van der Waals surface area contributed by atoms with E-state index in [1.807, 2.05) is 6.92 Å². The molecule has 1 aromatic carbocycles. The summed E-state index contributed by atoms with van der Waals surface area (Å²) in [5.41, 5.74) is 0.475. The molecule has 0 radical (unpaired) electrons. The number of para-hydroxylation sites is 1. The van der Waals surface area contributed by atoms with E-state index in [1.54, 1.807) is 0 Å². The highest BCUT2D eigenvalue weighted by molar-refractivity contribution is 14.0. The zero-order valence-electron chi connectivity index (χ0n) is 20.3. The Labute approximate surface area is 216 Å². The van der Waals surface area contributed by atoms with Crippen LogP contribution < -0.4 is 15.5 Å². The highest BCUT2D eigenvalue weighted by Crippen LogP contribution is 2.15. The minimum absolute atomic E-state index is 0. The first kappa shape index (κ1) is 28.1. The van der Waals surface area contributed by atoms with Gasteiger partial charge in [0.15, 0.2) is 5.96 Å². The Bertz CT molecular complexity index is 677. The molecule has 3 N–H and O–H groups in total. The first-order valence-electron chi connectivity index (χ1n) is 12.1. The molecule has 2 saturated heterocycles. The van der Waals surface area contributed by atoms with Crippen molar-refractivity contribution in [2.24, 2.45) is 4.99 Å². The van der Waals surface area contributed by atoms with Gasteiger partial charge in [0.05, 0.1) is 25.4 Å². The van der Waals surface area contributed by atoms with Crippen LogP contribution in [0, 0.1) is 0 Å². The highest BCUT2D eigenvalue weighted by Gasteiger charge is 2.25. The summed E-state index contributed by atoms with van der Waals surface area (Å²) in [5.74, 6) is 0.781. The van der Waals surface area contributed by atoms with Gasteiger partial charge in [-0.05, 0) is 38.9 Å². The van der Waals surface area contributed by atoms with Gasteiger partial charge < -0.3 is 25.4 Å². The Morgan fingerprint density at radius 1 is 1.03 bits per heavy atom. The van der Waals surface area contributed by atoms with Gasteiger partial charge in [-0.15, -0.1) is 24.0 Å². The molecule has 33 heavy (non-hydrogen) atoms. The van der Waals surface area contributed by atoms with Crippen LogP contribution in [0.25, 0.3) is 0 Å². The van der Waals surface area contributed by atoms with Crippen molar-refractivity contribution in [3.63, 3.8) is 0 Å². The number of morpholine rings is 1. The first-order chi connectivity index (χ1) is 15.6. The monoisotopic (exact) mass is 574 g/mol. The number of anilines is 1. The average Bonchev–Trinajstić information content (AvgIpc) is 2.81. The molecule has 3 rings (SSSR count). The van der Waals surface area contributed by atoms with Crippen LogP contribution in [0.3, 0.4) is 0 Å². The number of guanidine groups is 1. The van der Waals surface area contributed by atoms with Crippen molar-refractivity contribution in [1.29, 1.82) is 0 Å². The molecule has 2 heterocycles. The first-order valence-corrected chi connectivity index (χ1v) is 12.1. The van der Waals surface area contributed by atoms with Crippen LogP contribution in [-0.4, -0.2) is 112 Å². The van der Waals surface area contributed by atoms with E-state index in [0.717, 1.165) is 84.5 Å². The third-order valence-electron chi connectivity index (χ3n) is 6.03. The number of nitrogens with one attached hydrogen (secondary N) is 2. The number of aliphatic hydroxyl groups is 1. The Balaban J connectivity index is 0.00000385. The number of hydrogen-bond acceptors (Lipinski definition) is 6. The molecule has 0 saturated carbocycles. The van der Waals surface area contributed by atoms with Gasteiger partial charge in [-0.1, -0.05) is 18.2 Å². The molecule has 0 spiro atoms. The molecule has 0 bridgehead atoms. The lowest BCUT2D eigenvalue weighted by molar-refractivity contribution is -0.0179. The normalized spacial score (nSPS) is 20.1. The van der Waals surface area contributed by atoms with Crippen LogP contribution in [0.2, 0.25) is 0 Å². The molecule has 9 heteroatoms. The van der Waals surface area contributed by atoms with Crippen molar-refractivity contribution >= 4 is 35.6 Å². The maximum absolute atomic E-state index is 10.8. The zero-order chi connectivity index (χ0) is 22.7. The Morgan fingerprint density at radius 3 is 2.39 bits per heavy atom. The maximum Gasteiger partial charge on any atom is 0.191 e. The third kappa shape index (κ3) is 10.3. The molecule has 1 unspecified atom stereocenters. The SMILES string of the molecule is CCNC(=NCC(C)(O)CN1CCOCC1)NCCCN1CCN(c2ccccc2)CC1.I. The standard InChI is InChI=1S/C24H42N6O2.HI/c1-3-25-23(27-20-24(2,31)21-29-16-18-32-19-17-29)26-10-7-11-28-12-14-30(15-13-28)22-8-5-4-6-9-22;/h4-6,8-9,31H,3,7,10-21H2,1-2H3,(H2,25,26,27);1H. The summed E-state index contributed by atoms with van der Waals surface area (Å²) in [5, 5.41) is 17.5. The van der Waals surface area contributed by atoms with Crippen molar-refractivity contribution in [1.82, 2.24) is 20.4 Å². The van der Waals surface area contributed by atoms with E-state index in [0.29, 0.717) is 13.1 Å². The fraction of sp³-hybridized carbons (Fsp3) is 0.708. The summed E-state index contributed by atoms with van der Waals surface area (Å²) in [6.07, 6.45) is 1.07. The summed E-state index contributed by atoms with van der Waals surface area (Å²) < 4.78 is 5.39. The highest BCUT2D eigenvalue weighted by atomic mass is 127. The summed E-state index contributed by atoms with van der Waals surface area (Å²) in [4.78, 5) is 11.9. The topological polar surface area (TPSA) is 75.6 Å². The number of hydrogen-bond donors (Lipinski definition) is 3. The molecular formula is C24H43IN6O2. The van der Waals surface area contributed by atoms with E-state index in [1.165, 1.54) is 5.69 Å². The largest absolute Gasteiger partial charge is 0.387 e. The number of piperazine rings is 1. The number of aliphatic imine (C=N–C) groups is 1. The van der Waals surface area contributed by atoms with E-state index < -0.39 is 5.60 Å². The second kappa shape index (κ2) is 15.0. The molecule has 0 aliphatic carbocycles. The van der Waals surface area contributed by atoms with Gasteiger partial charge in [0, 0.05) is 64.6 Å². The van der Waals surface area contributed by atoms with Crippen molar-refractivity contribution in [2.75, 3.05) is 90.1 Å². The number of rotatable bonds is 10. The van der Waals surface area contributed by atoms with Crippen LogP contribution in [0.4, 0.5) is 5.69 Å². The lowest BCUT2D eigenvalue weighted by Crippen LogP contribution is -2.48. The van der Waals surface area contributed by atoms with Gasteiger partial charge in [-0.2, -0.15) is 0 Å². The zero-order valence-corrected chi connectivity index (χ0v) is 22.7. The minimum atomic E-state index is -0.849. The van der Waals surface area contributed by atoms with Gasteiger partial charge in [-0.3, -0.25) is 14.8 Å². The Hall–Kier alpha value is -1.14. The van der Waals surface area contributed by atoms with E-state index in [2.05, 4.69) is 67.6 Å². The van der Waals surface area contributed by atoms with Gasteiger partial charge in [0.25, 0.3) is 0 Å². The predicted octanol–water partition coefficient (Wildman–Crippen LogP) is 1.46. The van der Waals surface area contributed by atoms with Crippen molar-refractivity contribution in [2.45, 2.75) is 25.9 Å². The second-order valence-electron chi connectivity index (χ2n) is 9.03. The van der Waals surface area contributed by atoms with Gasteiger partial charge in [0.1, 0.15) is 0 Å². The maximum atomic E-state index is 10.8. The predicted molar refractivity (Wildman–Crippen MR) is 147 cm³/mol. The lowest BCUT2D eigenvalue weighted by atomic mass is 10.1. The smallest absolute Gasteiger partial charge is 0.191 e. The van der Waals surface area contributed by atoms with Crippen LogP contribution in [-0.2, 0) is 4.74 Å². The summed E-state index contributed by atoms with van der Waals surface area (Å²) in [7, 11) is 0. The van der Waals surface area contributed by atoms with E-state index in [-0.39, 0.29) is 24.0 Å². The number of β-amino-alcohol motifs (C(OH)–C–C–N with tert-alkyl or cyclic N) is 1. The van der Waals surface area contributed by atoms with Crippen LogP contribution >= 0.6 is 24.0 Å². The Kier molecular flexibility index (Phi) is 12.8. The van der Waals surface area contributed by atoms with E-state index in [4.69, 9.17) is 4.74 Å². The second-order valence-corrected chi connectivity index (χ2v) is 9.03. The molecule has 2 fully saturated rings. The molecule has 1 atom stereocenters. The molecule has 0 aromatic heterocycles. The summed E-state index contributed by atoms with van der Waals surface area (Å²) in [6.45, 7) is 15.3. The van der Waals surface area contributed by atoms with E-state index >= 15 is 0 Å². The van der Waals surface area contributed by atoms with Gasteiger partial charge >= 0.3 is 0 Å². The van der Waals surface area contributed by atoms with Crippen LogP contribution in [0.15, 0.2) is 35.3 Å².